The molecule has 4 aliphatic carbocycles. The summed E-state index contributed by atoms with van der Waals surface area (Å²) in [6.45, 7) is 10.4. The van der Waals surface area contributed by atoms with Crippen LogP contribution in [-0.4, -0.2) is 12.0 Å². The number of carbonyl (C=O) groups excluding carboxylic acids is 1. The van der Waals surface area contributed by atoms with Gasteiger partial charge in [-0.1, -0.05) is 27.7 Å². The van der Waals surface area contributed by atoms with Crippen LogP contribution in [0, 0.1) is 46.3 Å². The van der Waals surface area contributed by atoms with Crippen molar-refractivity contribution >= 4 is 5.78 Å². The highest BCUT2D eigenvalue weighted by Gasteiger charge is 2.61. The van der Waals surface area contributed by atoms with Crippen molar-refractivity contribution in [2.45, 2.75) is 98.6 Å². The molecule has 0 N–H and O–H groups in total. The molecular formula is C24H39F3O. The third-order valence-corrected chi connectivity index (χ3v) is 9.62. The Balaban J connectivity index is 0.00000109. The fourth-order valence-corrected chi connectivity index (χ4v) is 8.22. The zero-order valence-corrected chi connectivity index (χ0v) is 18.4. The lowest BCUT2D eigenvalue weighted by Gasteiger charge is -2.61. The molecule has 8 atom stereocenters. The van der Waals surface area contributed by atoms with Gasteiger partial charge in [-0.05, 0) is 99.2 Å². The molecule has 0 aromatic carbocycles. The van der Waals surface area contributed by atoms with Crippen LogP contribution in [0.3, 0.4) is 0 Å². The van der Waals surface area contributed by atoms with Gasteiger partial charge in [0.05, 0.1) is 5.92 Å². The molecule has 7 unspecified atom stereocenters. The lowest BCUT2D eigenvalue weighted by molar-refractivity contribution is -0.207. The van der Waals surface area contributed by atoms with Crippen molar-refractivity contribution in [2.75, 3.05) is 0 Å². The van der Waals surface area contributed by atoms with Crippen LogP contribution in [-0.2, 0) is 4.79 Å². The highest BCUT2D eigenvalue weighted by Crippen LogP contribution is 2.68. The molecule has 0 aromatic rings. The normalized spacial score (nSPS) is 47.9. The van der Waals surface area contributed by atoms with Crippen molar-refractivity contribution < 1.29 is 18.0 Å². The van der Waals surface area contributed by atoms with Crippen molar-refractivity contribution in [3.05, 3.63) is 0 Å². The summed E-state index contributed by atoms with van der Waals surface area (Å²) in [5.41, 5.74) is 0.222. The predicted octanol–water partition coefficient (Wildman–Crippen LogP) is 7.44. The first-order chi connectivity index (χ1) is 13.1. The van der Waals surface area contributed by atoms with Crippen LogP contribution in [0.5, 0.6) is 0 Å². The van der Waals surface area contributed by atoms with E-state index in [-0.39, 0.29) is 22.7 Å². The van der Waals surface area contributed by atoms with Crippen LogP contribution >= 0.6 is 0 Å². The van der Waals surface area contributed by atoms with Crippen LogP contribution in [0.1, 0.15) is 92.4 Å². The fraction of sp³-hybridized carbons (Fsp3) is 0.958. The second-order valence-electron chi connectivity index (χ2n) is 10.5. The summed E-state index contributed by atoms with van der Waals surface area (Å²) < 4.78 is 39.8. The van der Waals surface area contributed by atoms with Crippen molar-refractivity contribution in [3.8, 4) is 0 Å². The van der Waals surface area contributed by atoms with E-state index >= 15 is 0 Å². The van der Waals surface area contributed by atoms with Gasteiger partial charge in [-0.25, -0.2) is 0 Å². The maximum atomic E-state index is 13.3. The Kier molecular flexibility index (Phi) is 6.02. The molecule has 0 aromatic heterocycles. The number of halogens is 3. The quantitative estimate of drug-likeness (QED) is 0.447. The Bertz CT molecular complexity index is 585. The van der Waals surface area contributed by atoms with Gasteiger partial charge < -0.3 is 0 Å². The Morgan fingerprint density at radius 2 is 1.46 bits per heavy atom. The topological polar surface area (TPSA) is 17.1 Å². The van der Waals surface area contributed by atoms with Gasteiger partial charge in [-0.15, -0.1) is 0 Å². The molecular weight excluding hydrogens is 361 g/mol. The van der Waals surface area contributed by atoms with E-state index in [0.29, 0.717) is 36.4 Å². The first kappa shape index (κ1) is 22.2. The van der Waals surface area contributed by atoms with Gasteiger partial charge in [0.1, 0.15) is 5.78 Å². The van der Waals surface area contributed by atoms with E-state index in [0.717, 1.165) is 44.9 Å². The van der Waals surface area contributed by atoms with Crippen LogP contribution < -0.4 is 0 Å². The summed E-state index contributed by atoms with van der Waals surface area (Å²) >= 11 is 0. The standard InChI is InChI=1S/C22H33F3O.C2H6/c1-13(26)17-6-7-18-16-5-4-14-12-15(22(23,24)25)8-10-20(14,2)19(16)9-11-21(17,18)3;1-2/h14-19H,4-12H2,1-3H3;1-2H3/t14?,15?,16?,17?,18?,19?,20?,21-;/m1./s1. The van der Waals surface area contributed by atoms with Crippen LogP contribution in [0.15, 0.2) is 0 Å². The minimum absolute atomic E-state index is 0.0836. The van der Waals surface area contributed by atoms with E-state index < -0.39 is 12.1 Å². The second kappa shape index (κ2) is 7.61. The molecule has 4 saturated carbocycles. The van der Waals surface area contributed by atoms with E-state index in [9.17, 15) is 18.0 Å². The summed E-state index contributed by atoms with van der Waals surface area (Å²) in [4.78, 5) is 12.2. The number of carbonyl (C=O) groups is 1. The number of Topliss-reactive ketones (excluding diaryl/α,β-unsaturated/α-hetero) is 1. The largest absolute Gasteiger partial charge is 0.391 e. The molecule has 4 rings (SSSR count). The maximum Gasteiger partial charge on any atom is 0.391 e. The Morgan fingerprint density at radius 3 is 2.07 bits per heavy atom. The highest BCUT2D eigenvalue weighted by atomic mass is 19.4. The molecule has 4 heteroatoms. The van der Waals surface area contributed by atoms with Crippen molar-refractivity contribution in [1.29, 1.82) is 0 Å². The minimum Gasteiger partial charge on any atom is -0.300 e. The van der Waals surface area contributed by atoms with E-state index in [1.54, 1.807) is 6.92 Å². The molecule has 0 amide bonds. The van der Waals surface area contributed by atoms with E-state index in [1.807, 2.05) is 13.8 Å². The number of hydrogen-bond acceptors (Lipinski definition) is 1. The first-order valence-corrected chi connectivity index (χ1v) is 11.6. The van der Waals surface area contributed by atoms with Gasteiger partial charge >= 0.3 is 6.18 Å². The number of rotatable bonds is 1. The smallest absolute Gasteiger partial charge is 0.300 e. The lowest BCUT2D eigenvalue weighted by Crippen LogP contribution is -2.54. The molecule has 0 aliphatic heterocycles. The monoisotopic (exact) mass is 400 g/mol. The molecule has 28 heavy (non-hydrogen) atoms. The van der Waals surface area contributed by atoms with E-state index in [2.05, 4.69) is 13.8 Å². The third-order valence-electron chi connectivity index (χ3n) is 9.62. The maximum absolute atomic E-state index is 13.3. The zero-order chi connectivity index (χ0) is 20.9. The molecule has 4 aliphatic rings. The van der Waals surface area contributed by atoms with Crippen LogP contribution in [0.25, 0.3) is 0 Å². The molecule has 0 heterocycles. The second-order valence-corrected chi connectivity index (χ2v) is 10.5. The first-order valence-electron chi connectivity index (χ1n) is 11.6. The van der Waals surface area contributed by atoms with Gasteiger partial charge in [0.15, 0.2) is 0 Å². The highest BCUT2D eigenvalue weighted by molar-refractivity contribution is 5.79. The summed E-state index contributed by atoms with van der Waals surface area (Å²) in [6.07, 6.45) is 3.80. The third kappa shape index (κ3) is 3.35. The van der Waals surface area contributed by atoms with Gasteiger partial charge in [0, 0.05) is 5.92 Å². The number of fused-ring (bicyclic) bond motifs is 5. The predicted molar refractivity (Wildman–Crippen MR) is 107 cm³/mol. The summed E-state index contributed by atoms with van der Waals surface area (Å²) in [6, 6.07) is 0. The molecule has 0 bridgehead atoms. The van der Waals surface area contributed by atoms with Crippen molar-refractivity contribution in [3.63, 3.8) is 0 Å². The van der Waals surface area contributed by atoms with Gasteiger partial charge in [-0.2, -0.15) is 13.2 Å². The van der Waals surface area contributed by atoms with Gasteiger partial charge in [-0.3, -0.25) is 4.79 Å². The molecule has 0 spiro atoms. The minimum atomic E-state index is -4.02. The number of hydrogen-bond donors (Lipinski definition) is 0. The van der Waals surface area contributed by atoms with Crippen LogP contribution in [0.2, 0.25) is 0 Å². The average Bonchev–Trinajstić information content (AvgIpc) is 2.99. The fourth-order valence-electron chi connectivity index (χ4n) is 8.22. The van der Waals surface area contributed by atoms with Crippen molar-refractivity contribution in [2.24, 2.45) is 46.3 Å². The molecule has 4 fully saturated rings. The Hall–Kier alpha value is -0.540. The van der Waals surface area contributed by atoms with Gasteiger partial charge in [0.2, 0.25) is 0 Å². The van der Waals surface area contributed by atoms with Gasteiger partial charge in [0.25, 0.3) is 0 Å². The van der Waals surface area contributed by atoms with Crippen molar-refractivity contribution in [1.82, 2.24) is 0 Å². The molecule has 1 nitrogen and oxygen atoms in total. The summed E-state index contributed by atoms with van der Waals surface area (Å²) in [7, 11) is 0. The van der Waals surface area contributed by atoms with Crippen LogP contribution in [0.4, 0.5) is 13.2 Å². The average molecular weight is 401 g/mol. The lowest BCUT2D eigenvalue weighted by atomic mass is 9.44. The molecule has 0 saturated heterocycles. The Labute approximate surface area is 169 Å². The number of ketones is 1. The number of alkyl halides is 3. The van der Waals surface area contributed by atoms with E-state index in [4.69, 9.17) is 0 Å². The summed E-state index contributed by atoms with van der Waals surface area (Å²) in [5.74, 6) is 1.51. The summed E-state index contributed by atoms with van der Waals surface area (Å²) in [5, 5.41) is 0. The van der Waals surface area contributed by atoms with E-state index in [1.165, 1.54) is 0 Å². The Morgan fingerprint density at radius 1 is 0.857 bits per heavy atom. The SMILES string of the molecule is CC.CC(=O)C1CCC2C3CCC4CC(C(F)(F)F)CCC4(C)C3CC[C@]12C. The zero-order valence-electron chi connectivity index (χ0n) is 18.4. The molecule has 162 valence electrons. The molecule has 0 radical (unpaired) electrons.